The Morgan fingerprint density at radius 1 is 1.27 bits per heavy atom. The molecule has 1 saturated heterocycles. The molecule has 0 aliphatic carbocycles. The topological polar surface area (TPSA) is 111 Å². The fourth-order valence-corrected chi connectivity index (χ4v) is 3.82. The number of nitrogens with zero attached hydrogens (tertiary/aromatic N) is 3. The number of benzene rings is 2. The molecule has 0 saturated carbocycles. The summed E-state index contributed by atoms with van der Waals surface area (Å²) in [6, 6.07) is 13.0. The zero-order chi connectivity index (χ0) is 23.5. The first-order valence-corrected chi connectivity index (χ1v) is 10.7. The molecule has 3 N–H and O–H groups in total. The third-order valence-electron chi connectivity index (χ3n) is 5.60. The Morgan fingerprint density at radius 2 is 2.03 bits per heavy atom. The number of anilines is 2. The standard InChI is InChI=1S/C24H25FN4O4/c1-3-32-24(31)16-9-7-15(8-10-16)21-12-29(14(2)13-33-21)20-11-19(27-28-23(20)26)17-5-4-6-18(25)22(17)30/h4-11,14,21,30H,3,12-13H2,1-2H3,(H2,26,28)/t14-,21+/m1/s1. The number of nitrogens with two attached hydrogens (primary N) is 1. The number of hydrogen-bond donors (Lipinski definition) is 2. The van der Waals surface area contributed by atoms with Crippen LogP contribution in [0.5, 0.6) is 5.75 Å². The molecule has 1 aliphatic heterocycles. The number of esters is 1. The van der Waals surface area contributed by atoms with E-state index < -0.39 is 11.6 Å². The number of carbonyl (C=O) groups excluding carboxylic acids is 1. The molecule has 3 aromatic rings. The van der Waals surface area contributed by atoms with Crippen molar-refractivity contribution < 1.29 is 23.8 Å². The van der Waals surface area contributed by atoms with Gasteiger partial charge in [0.25, 0.3) is 0 Å². The number of aromatic nitrogens is 2. The van der Waals surface area contributed by atoms with Crippen molar-refractivity contribution in [1.29, 1.82) is 0 Å². The van der Waals surface area contributed by atoms with Gasteiger partial charge in [-0.15, -0.1) is 10.2 Å². The van der Waals surface area contributed by atoms with Crippen molar-refractivity contribution in [3.05, 3.63) is 65.5 Å². The summed E-state index contributed by atoms with van der Waals surface area (Å²) < 4.78 is 24.9. The molecule has 0 bridgehead atoms. The van der Waals surface area contributed by atoms with Gasteiger partial charge in [-0.3, -0.25) is 0 Å². The molecule has 172 valence electrons. The number of hydrogen-bond acceptors (Lipinski definition) is 8. The van der Waals surface area contributed by atoms with Gasteiger partial charge in [-0.2, -0.15) is 0 Å². The second-order valence-corrected chi connectivity index (χ2v) is 7.80. The maximum absolute atomic E-state index is 13.8. The lowest BCUT2D eigenvalue weighted by molar-refractivity contribution is 0.0215. The Labute approximate surface area is 190 Å². The SMILES string of the molecule is CCOC(=O)c1ccc([C@@H]2CN(c3cc(-c4cccc(F)c4O)nnc3N)[C@H](C)CO2)cc1. The van der Waals surface area contributed by atoms with Crippen LogP contribution in [-0.4, -0.2) is 47.1 Å². The zero-order valence-corrected chi connectivity index (χ0v) is 18.4. The fraction of sp³-hybridized carbons (Fsp3) is 0.292. The van der Waals surface area contributed by atoms with Gasteiger partial charge >= 0.3 is 5.97 Å². The monoisotopic (exact) mass is 452 g/mol. The Balaban J connectivity index is 1.61. The summed E-state index contributed by atoms with van der Waals surface area (Å²) in [6.45, 7) is 4.99. The molecule has 0 radical (unpaired) electrons. The summed E-state index contributed by atoms with van der Waals surface area (Å²) in [5.74, 6) is -1.37. The Morgan fingerprint density at radius 3 is 2.76 bits per heavy atom. The lowest BCUT2D eigenvalue weighted by atomic mass is 10.0. The smallest absolute Gasteiger partial charge is 0.338 e. The van der Waals surface area contributed by atoms with Gasteiger partial charge in [-0.05, 0) is 49.7 Å². The van der Waals surface area contributed by atoms with Gasteiger partial charge in [0, 0.05) is 18.2 Å². The van der Waals surface area contributed by atoms with Gasteiger partial charge in [0.1, 0.15) is 6.10 Å². The van der Waals surface area contributed by atoms with Gasteiger partial charge in [-0.1, -0.05) is 18.2 Å². The highest BCUT2D eigenvalue weighted by Gasteiger charge is 2.29. The summed E-state index contributed by atoms with van der Waals surface area (Å²) in [7, 11) is 0. The molecule has 2 heterocycles. The average Bonchev–Trinajstić information content (AvgIpc) is 2.82. The molecule has 2 aromatic carbocycles. The summed E-state index contributed by atoms with van der Waals surface area (Å²) in [5.41, 5.74) is 8.69. The van der Waals surface area contributed by atoms with Crippen LogP contribution in [0, 0.1) is 5.82 Å². The van der Waals surface area contributed by atoms with E-state index >= 15 is 0 Å². The molecular formula is C24H25FN4O4. The number of carbonyl (C=O) groups is 1. The second-order valence-electron chi connectivity index (χ2n) is 7.80. The summed E-state index contributed by atoms with van der Waals surface area (Å²) in [6.07, 6.45) is -0.268. The number of ether oxygens (including phenoxy) is 2. The maximum atomic E-state index is 13.8. The van der Waals surface area contributed by atoms with Crippen molar-refractivity contribution in [3.8, 4) is 17.0 Å². The summed E-state index contributed by atoms with van der Waals surface area (Å²) in [5, 5.41) is 18.2. The molecular weight excluding hydrogens is 427 g/mol. The van der Waals surface area contributed by atoms with Crippen LogP contribution in [-0.2, 0) is 9.47 Å². The largest absolute Gasteiger partial charge is 0.504 e. The quantitative estimate of drug-likeness (QED) is 0.564. The number of nitrogen functional groups attached to an aromatic ring is 1. The minimum atomic E-state index is -0.737. The number of rotatable bonds is 5. The zero-order valence-electron chi connectivity index (χ0n) is 18.4. The molecule has 2 atom stereocenters. The van der Waals surface area contributed by atoms with E-state index in [-0.39, 0.29) is 29.5 Å². The van der Waals surface area contributed by atoms with E-state index in [1.165, 1.54) is 12.1 Å². The molecule has 0 amide bonds. The third-order valence-corrected chi connectivity index (χ3v) is 5.60. The van der Waals surface area contributed by atoms with Crippen molar-refractivity contribution >= 4 is 17.5 Å². The Hall–Kier alpha value is -3.72. The van der Waals surface area contributed by atoms with E-state index in [0.717, 1.165) is 5.56 Å². The molecule has 0 unspecified atom stereocenters. The molecule has 33 heavy (non-hydrogen) atoms. The fourth-order valence-electron chi connectivity index (χ4n) is 3.82. The molecule has 1 fully saturated rings. The number of aromatic hydroxyl groups is 1. The minimum Gasteiger partial charge on any atom is -0.504 e. The van der Waals surface area contributed by atoms with Crippen molar-refractivity contribution in [1.82, 2.24) is 10.2 Å². The van der Waals surface area contributed by atoms with E-state index in [2.05, 4.69) is 15.1 Å². The molecule has 0 spiro atoms. The number of halogens is 1. The predicted molar refractivity (Wildman–Crippen MR) is 121 cm³/mol. The van der Waals surface area contributed by atoms with E-state index in [4.69, 9.17) is 15.2 Å². The van der Waals surface area contributed by atoms with Gasteiger partial charge in [-0.25, -0.2) is 9.18 Å². The van der Waals surface area contributed by atoms with Crippen molar-refractivity contribution in [2.75, 3.05) is 30.4 Å². The van der Waals surface area contributed by atoms with E-state index in [1.807, 2.05) is 19.1 Å². The molecule has 8 nitrogen and oxygen atoms in total. The van der Waals surface area contributed by atoms with E-state index in [0.29, 0.717) is 36.7 Å². The predicted octanol–water partition coefficient (Wildman–Crippen LogP) is 3.71. The summed E-state index contributed by atoms with van der Waals surface area (Å²) >= 11 is 0. The molecule has 4 rings (SSSR count). The van der Waals surface area contributed by atoms with Gasteiger partial charge in [0.2, 0.25) is 0 Å². The van der Waals surface area contributed by atoms with E-state index in [9.17, 15) is 14.3 Å². The normalized spacial score (nSPS) is 18.2. The molecule has 1 aliphatic rings. The first kappa shape index (κ1) is 22.5. The first-order chi connectivity index (χ1) is 15.9. The number of morpholine rings is 1. The highest BCUT2D eigenvalue weighted by atomic mass is 19.1. The van der Waals surface area contributed by atoms with Crippen LogP contribution >= 0.6 is 0 Å². The lowest BCUT2D eigenvalue weighted by Gasteiger charge is -2.40. The third kappa shape index (κ3) is 4.58. The van der Waals surface area contributed by atoms with Crippen LogP contribution in [0.15, 0.2) is 48.5 Å². The van der Waals surface area contributed by atoms with Gasteiger partial charge in [0.15, 0.2) is 17.4 Å². The van der Waals surface area contributed by atoms with Crippen molar-refractivity contribution in [2.24, 2.45) is 0 Å². The van der Waals surface area contributed by atoms with Crippen LogP contribution in [0.25, 0.3) is 11.3 Å². The molecule has 9 heteroatoms. The Kier molecular flexibility index (Phi) is 6.41. The first-order valence-electron chi connectivity index (χ1n) is 10.7. The van der Waals surface area contributed by atoms with Crippen LogP contribution in [0.4, 0.5) is 15.9 Å². The average molecular weight is 452 g/mol. The van der Waals surface area contributed by atoms with Crippen LogP contribution in [0.2, 0.25) is 0 Å². The molecule has 1 aromatic heterocycles. The minimum absolute atomic E-state index is 0.0134. The van der Waals surface area contributed by atoms with Gasteiger partial charge < -0.3 is 25.2 Å². The number of phenols is 1. The maximum Gasteiger partial charge on any atom is 0.338 e. The second kappa shape index (κ2) is 9.41. The van der Waals surface area contributed by atoms with E-state index in [1.54, 1.807) is 31.2 Å². The lowest BCUT2D eigenvalue weighted by Crippen LogP contribution is -2.45. The van der Waals surface area contributed by atoms with Crippen LogP contribution in [0.3, 0.4) is 0 Å². The Bertz CT molecular complexity index is 1160. The summed E-state index contributed by atoms with van der Waals surface area (Å²) in [4.78, 5) is 14.0. The van der Waals surface area contributed by atoms with Crippen molar-refractivity contribution in [3.63, 3.8) is 0 Å². The van der Waals surface area contributed by atoms with Crippen LogP contribution in [0.1, 0.15) is 35.9 Å². The highest BCUT2D eigenvalue weighted by Crippen LogP contribution is 2.36. The highest BCUT2D eigenvalue weighted by molar-refractivity contribution is 5.89. The van der Waals surface area contributed by atoms with Crippen molar-refractivity contribution in [2.45, 2.75) is 26.0 Å². The number of phenolic OH excluding ortho intramolecular Hbond substituents is 1. The van der Waals surface area contributed by atoms with Gasteiger partial charge in [0.05, 0.1) is 30.2 Å². The van der Waals surface area contributed by atoms with Crippen LogP contribution < -0.4 is 10.6 Å². The number of para-hydroxylation sites is 1.